The number of benzene rings is 1. The molecule has 0 bridgehead atoms. The largest absolute Gasteiger partial charge is 0.320 e. The minimum atomic E-state index is 0.238. The third-order valence-corrected chi connectivity index (χ3v) is 3.15. The van der Waals surface area contributed by atoms with Crippen LogP contribution in [0, 0.1) is 0 Å². The first-order chi connectivity index (χ1) is 7.11. The van der Waals surface area contributed by atoms with Gasteiger partial charge in [0.1, 0.15) is 6.54 Å². The van der Waals surface area contributed by atoms with Gasteiger partial charge in [0.25, 0.3) is 0 Å². The third kappa shape index (κ3) is 3.17. The zero-order chi connectivity index (χ0) is 11.3. The summed E-state index contributed by atoms with van der Waals surface area (Å²) >= 11 is 0. The van der Waals surface area contributed by atoms with Crippen LogP contribution < -0.4 is 0 Å². The molecule has 82 valence electrons. The van der Waals surface area contributed by atoms with E-state index in [1.54, 1.807) is 0 Å². The highest BCUT2D eigenvalue weighted by atomic mass is 16.1. The highest BCUT2D eigenvalue weighted by Gasteiger charge is 2.21. The highest BCUT2D eigenvalue weighted by Crippen LogP contribution is 2.06. The summed E-state index contributed by atoms with van der Waals surface area (Å²) in [6, 6.07) is 9.53. The first-order valence-electron chi connectivity index (χ1n) is 5.53. The predicted octanol–water partition coefficient (Wildman–Crippen LogP) is 2.36. The maximum Gasteiger partial charge on any atom is 0.216 e. The maximum absolute atomic E-state index is 12.0. The lowest BCUT2D eigenvalue weighted by molar-refractivity contribution is -0.897. The van der Waals surface area contributed by atoms with E-state index in [-0.39, 0.29) is 5.78 Å². The Hall–Kier alpha value is -1.15. The first-order valence-corrected chi connectivity index (χ1v) is 5.53. The van der Waals surface area contributed by atoms with Gasteiger partial charge in [-0.25, -0.2) is 0 Å². The minimum absolute atomic E-state index is 0.238. The smallest absolute Gasteiger partial charge is 0.216 e. The average Bonchev–Trinajstić information content (AvgIpc) is 2.30. The van der Waals surface area contributed by atoms with Crippen molar-refractivity contribution in [1.82, 2.24) is 0 Å². The minimum Gasteiger partial charge on any atom is -0.320 e. The molecule has 0 radical (unpaired) electrons. The van der Waals surface area contributed by atoms with E-state index >= 15 is 0 Å². The van der Waals surface area contributed by atoms with Gasteiger partial charge in [-0.2, -0.15) is 0 Å². The van der Waals surface area contributed by atoms with Gasteiger partial charge in [0, 0.05) is 5.56 Å². The number of likely N-dealkylation sites (N-methyl/N-ethyl adjacent to an activating group) is 1. The molecular formula is C13H20NO+. The SMILES string of the molecule is CC[N+](C)(CC)CC(=O)c1ccccc1. The molecule has 1 aromatic rings. The molecule has 2 nitrogen and oxygen atoms in total. The number of hydrogen-bond donors (Lipinski definition) is 0. The number of carbonyl (C=O) groups is 1. The molecule has 0 amide bonds. The molecule has 0 aliphatic heterocycles. The van der Waals surface area contributed by atoms with Gasteiger partial charge < -0.3 is 4.48 Å². The molecule has 0 saturated carbocycles. The van der Waals surface area contributed by atoms with Gasteiger partial charge in [-0.1, -0.05) is 30.3 Å². The van der Waals surface area contributed by atoms with Crippen molar-refractivity contribution in [2.24, 2.45) is 0 Å². The number of Topliss-reactive ketones (excluding diaryl/α,β-unsaturated/α-hetero) is 1. The van der Waals surface area contributed by atoms with Gasteiger partial charge >= 0.3 is 0 Å². The zero-order valence-corrected chi connectivity index (χ0v) is 9.86. The quantitative estimate of drug-likeness (QED) is 0.534. The summed E-state index contributed by atoms with van der Waals surface area (Å²) in [5.41, 5.74) is 0.823. The Kier molecular flexibility index (Phi) is 4.04. The van der Waals surface area contributed by atoms with Crippen molar-refractivity contribution in [2.75, 3.05) is 26.7 Å². The van der Waals surface area contributed by atoms with E-state index < -0.39 is 0 Å². The second kappa shape index (κ2) is 5.08. The van der Waals surface area contributed by atoms with Gasteiger partial charge in [0.05, 0.1) is 20.1 Å². The summed E-state index contributed by atoms with van der Waals surface area (Å²) < 4.78 is 0.813. The summed E-state index contributed by atoms with van der Waals surface area (Å²) in [6.07, 6.45) is 0. The molecule has 0 atom stereocenters. The standard InChI is InChI=1S/C13H20NO/c1-4-14(3,5-2)11-13(15)12-9-7-6-8-10-12/h6-10H,4-5,11H2,1-3H3/q+1. The molecule has 0 fully saturated rings. The second-order valence-electron chi connectivity index (χ2n) is 4.20. The number of nitrogens with zero attached hydrogens (tertiary/aromatic N) is 1. The number of quaternary nitrogens is 1. The van der Waals surface area contributed by atoms with Crippen molar-refractivity contribution in [3.8, 4) is 0 Å². The maximum atomic E-state index is 12.0. The average molecular weight is 206 g/mol. The molecular weight excluding hydrogens is 186 g/mol. The lowest BCUT2D eigenvalue weighted by Gasteiger charge is -2.31. The van der Waals surface area contributed by atoms with Crippen LogP contribution in [0.4, 0.5) is 0 Å². The molecule has 0 N–H and O–H groups in total. The van der Waals surface area contributed by atoms with Crippen LogP contribution in [-0.4, -0.2) is 36.9 Å². The molecule has 1 aromatic carbocycles. The number of rotatable bonds is 5. The van der Waals surface area contributed by atoms with E-state index in [2.05, 4.69) is 20.9 Å². The molecule has 0 aromatic heterocycles. The Balaban J connectivity index is 2.72. The molecule has 0 unspecified atom stereocenters. The summed E-state index contributed by atoms with van der Waals surface area (Å²) in [4.78, 5) is 12.0. The zero-order valence-electron chi connectivity index (χ0n) is 9.86. The molecule has 0 heterocycles. The lowest BCUT2D eigenvalue weighted by atomic mass is 10.1. The van der Waals surface area contributed by atoms with Crippen molar-refractivity contribution < 1.29 is 9.28 Å². The van der Waals surface area contributed by atoms with Crippen molar-refractivity contribution in [3.05, 3.63) is 35.9 Å². The molecule has 2 heteroatoms. The van der Waals surface area contributed by atoms with Crippen LogP contribution in [0.2, 0.25) is 0 Å². The number of ketones is 1. The van der Waals surface area contributed by atoms with E-state index in [0.717, 1.165) is 23.1 Å². The lowest BCUT2D eigenvalue weighted by Crippen LogP contribution is -2.47. The van der Waals surface area contributed by atoms with Crippen molar-refractivity contribution in [3.63, 3.8) is 0 Å². The Morgan fingerprint density at radius 2 is 1.67 bits per heavy atom. The van der Waals surface area contributed by atoms with Gasteiger partial charge in [-0.15, -0.1) is 0 Å². The molecule has 0 saturated heterocycles. The fourth-order valence-electron chi connectivity index (χ4n) is 1.51. The number of hydrogen-bond acceptors (Lipinski definition) is 1. The second-order valence-corrected chi connectivity index (χ2v) is 4.20. The van der Waals surface area contributed by atoms with Gasteiger partial charge in [-0.05, 0) is 13.8 Å². The summed E-state index contributed by atoms with van der Waals surface area (Å²) in [5, 5.41) is 0. The van der Waals surface area contributed by atoms with E-state index in [1.165, 1.54) is 0 Å². The van der Waals surface area contributed by atoms with Crippen LogP contribution in [0.15, 0.2) is 30.3 Å². The molecule has 1 rings (SSSR count). The molecule has 15 heavy (non-hydrogen) atoms. The molecule has 0 aliphatic carbocycles. The van der Waals surface area contributed by atoms with E-state index in [1.807, 2.05) is 30.3 Å². The monoisotopic (exact) mass is 206 g/mol. The topological polar surface area (TPSA) is 17.1 Å². The highest BCUT2D eigenvalue weighted by molar-refractivity contribution is 5.96. The van der Waals surface area contributed by atoms with E-state index in [9.17, 15) is 4.79 Å². The Labute approximate surface area is 92.1 Å². The summed E-state index contributed by atoms with van der Waals surface area (Å²) in [5.74, 6) is 0.238. The third-order valence-electron chi connectivity index (χ3n) is 3.15. The van der Waals surface area contributed by atoms with Crippen molar-refractivity contribution in [1.29, 1.82) is 0 Å². The van der Waals surface area contributed by atoms with Crippen LogP contribution >= 0.6 is 0 Å². The van der Waals surface area contributed by atoms with Gasteiger partial charge in [0.15, 0.2) is 0 Å². The van der Waals surface area contributed by atoms with Crippen LogP contribution in [0.25, 0.3) is 0 Å². The summed E-state index contributed by atoms with van der Waals surface area (Å²) in [7, 11) is 2.13. The Bertz CT molecular complexity index is 315. The Morgan fingerprint density at radius 1 is 1.13 bits per heavy atom. The molecule has 0 spiro atoms. The van der Waals surface area contributed by atoms with E-state index in [0.29, 0.717) is 6.54 Å². The normalized spacial score (nSPS) is 11.4. The molecule has 0 aliphatic rings. The summed E-state index contributed by atoms with van der Waals surface area (Å²) in [6.45, 7) is 6.84. The van der Waals surface area contributed by atoms with Crippen molar-refractivity contribution >= 4 is 5.78 Å². The first kappa shape index (κ1) is 11.9. The van der Waals surface area contributed by atoms with Crippen LogP contribution in [0.1, 0.15) is 24.2 Å². The van der Waals surface area contributed by atoms with Gasteiger partial charge in [0.2, 0.25) is 5.78 Å². The number of carbonyl (C=O) groups excluding carboxylic acids is 1. The van der Waals surface area contributed by atoms with Gasteiger partial charge in [-0.3, -0.25) is 4.79 Å². The van der Waals surface area contributed by atoms with Crippen LogP contribution in [-0.2, 0) is 0 Å². The Morgan fingerprint density at radius 3 is 2.13 bits per heavy atom. The van der Waals surface area contributed by atoms with Crippen LogP contribution in [0.3, 0.4) is 0 Å². The predicted molar refractivity (Wildman–Crippen MR) is 62.9 cm³/mol. The van der Waals surface area contributed by atoms with Crippen molar-refractivity contribution in [2.45, 2.75) is 13.8 Å². The van der Waals surface area contributed by atoms with Crippen LogP contribution in [0.5, 0.6) is 0 Å². The fraction of sp³-hybridized carbons (Fsp3) is 0.462. The van der Waals surface area contributed by atoms with E-state index in [4.69, 9.17) is 0 Å². The fourth-order valence-corrected chi connectivity index (χ4v) is 1.51.